The molecule has 3 nitrogen and oxygen atoms in total. The van der Waals surface area contributed by atoms with Gasteiger partial charge in [-0.2, -0.15) is 0 Å². The van der Waals surface area contributed by atoms with Crippen molar-refractivity contribution < 1.29 is 9.90 Å². The van der Waals surface area contributed by atoms with Gasteiger partial charge in [0, 0.05) is 17.4 Å². The van der Waals surface area contributed by atoms with Crippen molar-refractivity contribution in [3.8, 4) is 0 Å². The maximum Gasteiger partial charge on any atom is 0.407 e. The molecule has 14 heavy (non-hydrogen) atoms. The molecule has 0 saturated carbocycles. The van der Waals surface area contributed by atoms with Crippen molar-refractivity contribution >= 4 is 22.0 Å². The second-order valence-corrected chi connectivity index (χ2v) is 5.60. The summed E-state index contributed by atoms with van der Waals surface area (Å²) in [6.45, 7) is 6.30. The van der Waals surface area contributed by atoms with Crippen LogP contribution in [-0.4, -0.2) is 33.5 Å². The first-order valence-corrected chi connectivity index (χ1v) is 6.07. The number of alkyl halides is 1. The fraction of sp³-hybridized carbons (Fsp3) is 0.900. The average Bonchev–Trinajstić information content (AvgIpc) is 2.45. The van der Waals surface area contributed by atoms with Crippen molar-refractivity contribution in [2.24, 2.45) is 5.41 Å². The molecule has 1 aliphatic rings. The lowest BCUT2D eigenvalue weighted by molar-refractivity contribution is 0.0916. The van der Waals surface area contributed by atoms with Gasteiger partial charge in [-0.15, -0.1) is 0 Å². The average molecular weight is 264 g/mol. The Morgan fingerprint density at radius 2 is 2.07 bits per heavy atom. The van der Waals surface area contributed by atoms with E-state index in [2.05, 4.69) is 36.7 Å². The van der Waals surface area contributed by atoms with Crippen LogP contribution in [0.3, 0.4) is 0 Å². The third-order valence-electron chi connectivity index (χ3n) is 2.90. The van der Waals surface area contributed by atoms with Gasteiger partial charge < -0.3 is 10.0 Å². The second kappa shape index (κ2) is 4.09. The van der Waals surface area contributed by atoms with Crippen LogP contribution in [0.15, 0.2) is 0 Å². The lowest BCUT2D eigenvalue weighted by atomic mass is 9.85. The summed E-state index contributed by atoms with van der Waals surface area (Å²) in [7, 11) is 0. The van der Waals surface area contributed by atoms with E-state index in [1.807, 2.05) is 0 Å². The Bertz CT molecular complexity index is 225. The van der Waals surface area contributed by atoms with E-state index < -0.39 is 6.09 Å². The van der Waals surface area contributed by atoms with E-state index in [0.29, 0.717) is 0 Å². The van der Waals surface area contributed by atoms with Crippen molar-refractivity contribution in [1.82, 2.24) is 4.90 Å². The minimum Gasteiger partial charge on any atom is -0.465 e. The minimum absolute atomic E-state index is 0.0370. The van der Waals surface area contributed by atoms with Crippen LogP contribution in [0, 0.1) is 5.41 Å². The molecule has 0 spiro atoms. The molecule has 0 aromatic rings. The van der Waals surface area contributed by atoms with Gasteiger partial charge in [-0.05, 0) is 18.3 Å². The van der Waals surface area contributed by atoms with Crippen LogP contribution in [0.1, 0.15) is 33.6 Å². The molecular weight excluding hydrogens is 246 g/mol. The first kappa shape index (κ1) is 11.8. The van der Waals surface area contributed by atoms with Gasteiger partial charge in [0.15, 0.2) is 0 Å². The van der Waals surface area contributed by atoms with Gasteiger partial charge in [0.05, 0.1) is 0 Å². The Balaban J connectivity index is 2.84. The van der Waals surface area contributed by atoms with E-state index in [9.17, 15) is 4.79 Å². The van der Waals surface area contributed by atoms with Crippen LogP contribution in [0.25, 0.3) is 0 Å². The maximum absolute atomic E-state index is 11.1. The number of halogens is 1. The van der Waals surface area contributed by atoms with E-state index in [1.165, 1.54) is 0 Å². The predicted octanol–water partition coefficient (Wildman–Crippen LogP) is 2.94. The summed E-state index contributed by atoms with van der Waals surface area (Å²) in [5.74, 6) is 0. The topological polar surface area (TPSA) is 40.5 Å². The third kappa shape index (κ3) is 2.22. The van der Waals surface area contributed by atoms with Crippen LogP contribution in [0.4, 0.5) is 4.79 Å². The number of carboxylic acid groups (broad SMARTS) is 1. The number of rotatable bonds is 1. The largest absolute Gasteiger partial charge is 0.465 e. The highest BCUT2D eigenvalue weighted by Gasteiger charge is 2.42. The molecule has 2 unspecified atom stereocenters. The number of likely N-dealkylation sites (tertiary alicyclic amines) is 1. The second-order valence-electron chi connectivity index (χ2n) is 4.96. The molecule has 0 aromatic carbocycles. The smallest absolute Gasteiger partial charge is 0.407 e. The molecule has 1 rings (SSSR count). The van der Waals surface area contributed by atoms with Crippen molar-refractivity contribution in [2.75, 3.05) is 5.33 Å². The summed E-state index contributed by atoms with van der Waals surface area (Å²) < 4.78 is 0. The SMILES string of the molecule is CC(C)(C)C1CCC(CBr)N1C(=O)O. The molecule has 1 fully saturated rings. The quantitative estimate of drug-likeness (QED) is 0.740. The zero-order valence-corrected chi connectivity index (χ0v) is 10.5. The van der Waals surface area contributed by atoms with E-state index in [-0.39, 0.29) is 17.5 Å². The maximum atomic E-state index is 11.1. The summed E-state index contributed by atoms with van der Waals surface area (Å²) in [4.78, 5) is 12.8. The Hall–Kier alpha value is -0.250. The molecule has 0 radical (unpaired) electrons. The standard InChI is InChI=1S/C10H18BrNO2/c1-10(2,3)8-5-4-7(6-11)12(8)9(13)14/h7-8H,4-6H2,1-3H3,(H,13,14). The lowest BCUT2D eigenvalue weighted by Gasteiger charge is -2.35. The molecule has 1 saturated heterocycles. The Morgan fingerprint density at radius 1 is 1.50 bits per heavy atom. The summed E-state index contributed by atoms with van der Waals surface area (Å²) in [6.07, 6.45) is 1.16. The number of carbonyl (C=O) groups is 1. The predicted molar refractivity (Wildman–Crippen MR) is 59.9 cm³/mol. The molecule has 1 N–H and O–H groups in total. The van der Waals surface area contributed by atoms with Gasteiger partial charge in [-0.1, -0.05) is 36.7 Å². The van der Waals surface area contributed by atoms with Crippen LogP contribution >= 0.6 is 15.9 Å². The van der Waals surface area contributed by atoms with Crippen molar-refractivity contribution in [1.29, 1.82) is 0 Å². The lowest BCUT2D eigenvalue weighted by Crippen LogP contribution is -2.46. The molecule has 1 heterocycles. The monoisotopic (exact) mass is 263 g/mol. The van der Waals surface area contributed by atoms with E-state index in [1.54, 1.807) is 4.90 Å². The zero-order valence-electron chi connectivity index (χ0n) is 8.96. The Labute approximate surface area is 93.6 Å². The van der Waals surface area contributed by atoms with Crippen LogP contribution in [-0.2, 0) is 0 Å². The molecule has 82 valence electrons. The number of hydrogen-bond acceptors (Lipinski definition) is 1. The van der Waals surface area contributed by atoms with Gasteiger partial charge >= 0.3 is 6.09 Å². The van der Waals surface area contributed by atoms with Gasteiger partial charge in [0.2, 0.25) is 0 Å². The van der Waals surface area contributed by atoms with Gasteiger partial charge in [-0.3, -0.25) is 0 Å². The van der Waals surface area contributed by atoms with Crippen molar-refractivity contribution in [2.45, 2.75) is 45.7 Å². The highest BCUT2D eigenvalue weighted by molar-refractivity contribution is 9.09. The fourth-order valence-electron chi connectivity index (χ4n) is 2.17. The highest BCUT2D eigenvalue weighted by Crippen LogP contribution is 2.36. The molecule has 1 amide bonds. The first-order valence-electron chi connectivity index (χ1n) is 4.95. The van der Waals surface area contributed by atoms with Gasteiger partial charge in [-0.25, -0.2) is 4.79 Å². The number of amides is 1. The minimum atomic E-state index is -0.785. The molecule has 4 heteroatoms. The van der Waals surface area contributed by atoms with Crippen LogP contribution in [0.2, 0.25) is 0 Å². The van der Waals surface area contributed by atoms with E-state index in [4.69, 9.17) is 5.11 Å². The summed E-state index contributed by atoms with van der Waals surface area (Å²) in [5, 5.41) is 9.90. The summed E-state index contributed by atoms with van der Waals surface area (Å²) in [5.41, 5.74) is 0.0370. The van der Waals surface area contributed by atoms with Crippen LogP contribution < -0.4 is 0 Å². The Morgan fingerprint density at radius 3 is 2.43 bits per heavy atom. The molecule has 2 atom stereocenters. The molecule has 1 aliphatic heterocycles. The Kier molecular flexibility index (Phi) is 3.45. The zero-order chi connectivity index (χ0) is 10.9. The number of nitrogens with zero attached hydrogens (tertiary/aromatic N) is 1. The fourth-order valence-corrected chi connectivity index (χ4v) is 2.81. The normalized spacial score (nSPS) is 28.1. The van der Waals surface area contributed by atoms with E-state index >= 15 is 0 Å². The van der Waals surface area contributed by atoms with E-state index in [0.717, 1.165) is 18.2 Å². The number of hydrogen-bond donors (Lipinski definition) is 1. The molecule has 0 bridgehead atoms. The van der Waals surface area contributed by atoms with Crippen LogP contribution in [0.5, 0.6) is 0 Å². The first-order chi connectivity index (χ1) is 6.38. The molecule has 0 aromatic heterocycles. The molecule has 0 aliphatic carbocycles. The summed E-state index contributed by atoms with van der Waals surface area (Å²) in [6, 6.07) is 0.305. The molecular formula is C10H18BrNO2. The van der Waals surface area contributed by atoms with Crippen molar-refractivity contribution in [3.63, 3.8) is 0 Å². The van der Waals surface area contributed by atoms with Gasteiger partial charge in [0.25, 0.3) is 0 Å². The third-order valence-corrected chi connectivity index (χ3v) is 3.65. The van der Waals surface area contributed by atoms with Crippen molar-refractivity contribution in [3.05, 3.63) is 0 Å². The highest BCUT2D eigenvalue weighted by atomic mass is 79.9. The summed E-state index contributed by atoms with van der Waals surface area (Å²) >= 11 is 3.37. The van der Waals surface area contributed by atoms with Gasteiger partial charge in [0.1, 0.15) is 0 Å².